The summed E-state index contributed by atoms with van der Waals surface area (Å²) in [5.74, 6) is -1.20. The maximum absolute atomic E-state index is 12.4. The first-order valence-electron chi connectivity index (χ1n) is 7.02. The molecule has 22 heavy (non-hydrogen) atoms. The average molecular weight is 322 g/mol. The summed E-state index contributed by atoms with van der Waals surface area (Å²) < 4.78 is 9.81. The third kappa shape index (κ3) is 1.92. The fraction of sp³-hybridized carbons (Fsp3) is 0.375. The molecule has 0 saturated heterocycles. The lowest BCUT2D eigenvalue weighted by Gasteiger charge is -2.31. The monoisotopic (exact) mass is 321 g/mol. The number of hydrogen-bond donors (Lipinski definition) is 1. The SMILES string of the molecule is COC(=O)C1(C(=O)OC)CCCc2c1[nH]c1ccc(Cl)cc21. The number of esters is 2. The van der Waals surface area contributed by atoms with Crippen LogP contribution in [0.4, 0.5) is 0 Å². The van der Waals surface area contributed by atoms with Crippen LogP contribution in [0.15, 0.2) is 18.2 Å². The van der Waals surface area contributed by atoms with Crippen molar-refractivity contribution in [2.45, 2.75) is 24.7 Å². The number of halogens is 1. The average Bonchev–Trinajstić information content (AvgIpc) is 2.91. The number of benzene rings is 1. The predicted molar refractivity (Wildman–Crippen MR) is 82.0 cm³/mol. The first kappa shape index (κ1) is 14.9. The zero-order chi connectivity index (χ0) is 15.9. The van der Waals surface area contributed by atoms with E-state index in [0.29, 0.717) is 23.6 Å². The molecule has 0 radical (unpaired) electrons. The Balaban J connectivity index is 2.31. The van der Waals surface area contributed by atoms with E-state index in [4.69, 9.17) is 21.1 Å². The molecule has 0 amide bonds. The molecule has 0 atom stereocenters. The van der Waals surface area contributed by atoms with Gasteiger partial charge in [0, 0.05) is 21.6 Å². The van der Waals surface area contributed by atoms with Gasteiger partial charge in [-0.2, -0.15) is 0 Å². The summed E-state index contributed by atoms with van der Waals surface area (Å²) in [5, 5.41) is 1.54. The molecule has 0 bridgehead atoms. The van der Waals surface area contributed by atoms with E-state index in [2.05, 4.69) is 4.98 Å². The van der Waals surface area contributed by atoms with Crippen molar-refractivity contribution in [2.24, 2.45) is 0 Å². The Kier molecular flexibility index (Phi) is 3.60. The Labute approximate surface area is 132 Å². The van der Waals surface area contributed by atoms with E-state index in [9.17, 15) is 9.59 Å². The largest absolute Gasteiger partial charge is 0.468 e. The van der Waals surface area contributed by atoms with Gasteiger partial charge in [0.2, 0.25) is 5.41 Å². The smallest absolute Gasteiger partial charge is 0.329 e. The normalized spacial score (nSPS) is 16.1. The van der Waals surface area contributed by atoms with Crippen LogP contribution in [0, 0.1) is 0 Å². The number of fused-ring (bicyclic) bond motifs is 3. The fourth-order valence-corrected chi connectivity index (χ4v) is 3.51. The zero-order valence-electron chi connectivity index (χ0n) is 12.4. The molecule has 6 heteroatoms. The number of aryl methyl sites for hydroxylation is 1. The molecule has 116 valence electrons. The van der Waals surface area contributed by atoms with E-state index >= 15 is 0 Å². The van der Waals surface area contributed by atoms with Crippen molar-refractivity contribution in [1.82, 2.24) is 4.98 Å². The van der Waals surface area contributed by atoms with Crippen molar-refractivity contribution >= 4 is 34.4 Å². The topological polar surface area (TPSA) is 68.4 Å². The Hall–Kier alpha value is -2.01. The number of H-pyrrole nitrogens is 1. The second-order valence-corrected chi connectivity index (χ2v) is 5.85. The maximum Gasteiger partial charge on any atom is 0.329 e. The summed E-state index contributed by atoms with van der Waals surface area (Å²) in [4.78, 5) is 28.1. The van der Waals surface area contributed by atoms with Gasteiger partial charge in [0.05, 0.1) is 14.2 Å². The first-order valence-corrected chi connectivity index (χ1v) is 7.40. The Morgan fingerprint density at radius 1 is 1.23 bits per heavy atom. The van der Waals surface area contributed by atoms with Crippen LogP contribution in [0.1, 0.15) is 24.1 Å². The summed E-state index contributed by atoms with van der Waals surface area (Å²) in [5.41, 5.74) is 0.908. The van der Waals surface area contributed by atoms with E-state index in [1.54, 1.807) is 6.07 Å². The number of nitrogens with one attached hydrogen (secondary N) is 1. The molecule has 5 nitrogen and oxygen atoms in total. The quantitative estimate of drug-likeness (QED) is 0.682. The van der Waals surface area contributed by atoms with Gasteiger partial charge in [-0.3, -0.25) is 9.59 Å². The zero-order valence-corrected chi connectivity index (χ0v) is 13.1. The van der Waals surface area contributed by atoms with Gasteiger partial charge < -0.3 is 14.5 Å². The minimum atomic E-state index is -1.43. The fourth-order valence-electron chi connectivity index (χ4n) is 3.34. The van der Waals surface area contributed by atoms with Gasteiger partial charge in [-0.15, -0.1) is 0 Å². The summed E-state index contributed by atoms with van der Waals surface area (Å²) in [7, 11) is 2.56. The lowest BCUT2D eigenvalue weighted by molar-refractivity contribution is -0.163. The molecule has 3 rings (SSSR count). The van der Waals surface area contributed by atoms with Crippen LogP contribution >= 0.6 is 11.6 Å². The van der Waals surface area contributed by atoms with Crippen LogP contribution in [-0.4, -0.2) is 31.1 Å². The number of hydrogen-bond acceptors (Lipinski definition) is 4. The Bertz CT molecular complexity index is 749. The standard InChI is InChI=1S/C16H16ClNO4/c1-21-14(19)16(15(20)22-2)7-3-4-10-11-8-9(17)5-6-12(11)18-13(10)16/h5-6,8,18H,3-4,7H2,1-2H3. The highest BCUT2D eigenvalue weighted by molar-refractivity contribution is 6.31. The Morgan fingerprint density at radius 3 is 2.55 bits per heavy atom. The highest BCUT2D eigenvalue weighted by atomic mass is 35.5. The van der Waals surface area contributed by atoms with Gasteiger partial charge in [0.25, 0.3) is 0 Å². The lowest BCUT2D eigenvalue weighted by atomic mass is 9.73. The van der Waals surface area contributed by atoms with E-state index in [0.717, 1.165) is 22.9 Å². The molecule has 1 N–H and O–H groups in total. The minimum Gasteiger partial charge on any atom is -0.468 e. The lowest BCUT2D eigenvalue weighted by Crippen LogP contribution is -2.48. The van der Waals surface area contributed by atoms with Gasteiger partial charge in [0.1, 0.15) is 0 Å². The molecule has 1 aliphatic carbocycles. The number of ether oxygens (including phenoxy) is 2. The second-order valence-electron chi connectivity index (χ2n) is 5.41. The molecule has 1 aliphatic rings. The second kappa shape index (κ2) is 5.32. The number of carbonyl (C=O) groups is 2. The van der Waals surface area contributed by atoms with Crippen LogP contribution in [-0.2, 0) is 30.9 Å². The molecular weight excluding hydrogens is 306 g/mol. The summed E-state index contributed by atoms with van der Waals surface area (Å²) in [6, 6.07) is 5.45. The highest BCUT2D eigenvalue weighted by Gasteiger charge is 2.53. The third-order valence-electron chi connectivity index (χ3n) is 4.34. The molecule has 1 aromatic heterocycles. The van der Waals surface area contributed by atoms with Crippen molar-refractivity contribution in [3.8, 4) is 0 Å². The number of aromatic nitrogens is 1. The van der Waals surface area contributed by atoms with E-state index < -0.39 is 17.4 Å². The summed E-state index contributed by atoms with van der Waals surface area (Å²) in [6.45, 7) is 0. The molecular formula is C16H16ClNO4. The summed E-state index contributed by atoms with van der Waals surface area (Å²) >= 11 is 6.07. The number of rotatable bonds is 2. The third-order valence-corrected chi connectivity index (χ3v) is 4.58. The number of carbonyl (C=O) groups excluding carboxylic acids is 2. The number of aromatic amines is 1. The first-order chi connectivity index (χ1) is 10.5. The highest BCUT2D eigenvalue weighted by Crippen LogP contribution is 2.42. The van der Waals surface area contributed by atoms with Crippen molar-refractivity contribution < 1.29 is 19.1 Å². The van der Waals surface area contributed by atoms with Crippen molar-refractivity contribution in [3.63, 3.8) is 0 Å². The molecule has 0 fully saturated rings. The molecule has 1 aromatic carbocycles. The van der Waals surface area contributed by atoms with Gasteiger partial charge in [0.15, 0.2) is 0 Å². The minimum absolute atomic E-state index is 0.361. The van der Waals surface area contributed by atoms with Crippen molar-refractivity contribution in [1.29, 1.82) is 0 Å². The van der Waals surface area contributed by atoms with Crippen LogP contribution < -0.4 is 0 Å². The van der Waals surface area contributed by atoms with Crippen LogP contribution in [0.3, 0.4) is 0 Å². The molecule has 0 spiro atoms. The van der Waals surface area contributed by atoms with E-state index in [-0.39, 0.29) is 0 Å². The van der Waals surface area contributed by atoms with Gasteiger partial charge in [-0.1, -0.05) is 11.6 Å². The molecule has 0 unspecified atom stereocenters. The Morgan fingerprint density at radius 2 is 1.91 bits per heavy atom. The van der Waals surface area contributed by atoms with E-state index in [1.807, 2.05) is 12.1 Å². The van der Waals surface area contributed by atoms with Crippen molar-refractivity contribution in [3.05, 3.63) is 34.5 Å². The molecule has 0 aliphatic heterocycles. The van der Waals surface area contributed by atoms with Crippen LogP contribution in [0.2, 0.25) is 5.02 Å². The van der Waals surface area contributed by atoms with Crippen LogP contribution in [0.5, 0.6) is 0 Å². The van der Waals surface area contributed by atoms with Gasteiger partial charge >= 0.3 is 11.9 Å². The molecule has 0 saturated carbocycles. The number of methoxy groups -OCH3 is 2. The van der Waals surface area contributed by atoms with Crippen LogP contribution in [0.25, 0.3) is 10.9 Å². The van der Waals surface area contributed by atoms with Crippen molar-refractivity contribution in [2.75, 3.05) is 14.2 Å². The van der Waals surface area contributed by atoms with E-state index in [1.165, 1.54) is 14.2 Å². The molecule has 1 heterocycles. The molecule has 2 aromatic rings. The van der Waals surface area contributed by atoms with Gasteiger partial charge in [-0.25, -0.2) is 0 Å². The van der Waals surface area contributed by atoms with Gasteiger partial charge in [-0.05, 0) is 43.0 Å². The maximum atomic E-state index is 12.4. The summed E-state index contributed by atoms with van der Waals surface area (Å²) in [6.07, 6.45) is 1.82. The predicted octanol–water partition coefficient (Wildman–Crippen LogP) is 2.74.